The number of hydrogen-bond acceptors (Lipinski definition) is 6. The minimum absolute atomic E-state index is 0.213. The molecule has 6 nitrogen and oxygen atoms in total. The van der Waals surface area contributed by atoms with Gasteiger partial charge in [-0.2, -0.15) is 5.26 Å². The Morgan fingerprint density at radius 1 is 1.03 bits per heavy atom. The Morgan fingerprint density at radius 3 is 2.37 bits per heavy atom. The Kier molecular flexibility index (Phi) is 7.96. The highest BCUT2D eigenvalue weighted by atomic mass is 79.9. The number of hydrogen-bond donors (Lipinski definition) is 0. The molecule has 0 unspecified atom stereocenters. The van der Waals surface area contributed by atoms with Gasteiger partial charge in [-0.05, 0) is 86.9 Å². The van der Waals surface area contributed by atoms with Crippen LogP contribution in [0.3, 0.4) is 0 Å². The number of thioether (sulfide) groups is 1. The third kappa shape index (κ3) is 5.96. The van der Waals surface area contributed by atoms with Crippen molar-refractivity contribution in [1.29, 1.82) is 5.26 Å². The van der Waals surface area contributed by atoms with Gasteiger partial charge in [0.25, 0.3) is 11.1 Å². The number of benzene rings is 3. The summed E-state index contributed by atoms with van der Waals surface area (Å²) < 4.78 is 13.0. The first-order valence-corrected chi connectivity index (χ1v) is 12.8. The molecule has 4 rings (SSSR count). The van der Waals surface area contributed by atoms with Crippen molar-refractivity contribution in [1.82, 2.24) is 4.90 Å². The zero-order valence-corrected chi connectivity index (χ0v) is 22.4. The smallest absolute Gasteiger partial charge is 0.293 e. The summed E-state index contributed by atoms with van der Waals surface area (Å²) in [5, 5.41) is 8.63. The van der Waals surface area contributed by atoms with E-state index >= 15 is 0 Å². The second-order valence-electron chi connectivity index (χ2n) is 7.53. The predicted molar refractivity (Wildman–Crippen MR) is 142 cm³/mol. The number of nitriles is 1. The molecule has 0 aromatic heterocycles. The van der Waals surface area contributed by atoms with Crippen LogP contribution in [-0.2, 0) is 17.9 Å². The van der Waals surface area contributed by atoms with Crippen molar-refractivity contribution >= 4 is 60.8 Å². The van der Waals surface area contributed by atoms with Gasteiger partial charge in [0.1, 0.15) is 6.61 Å². The molecule has 1 fully saturated rings. The van der Waals surface area contributed by atoms with Crippen LogP contribution in [0, 0.1) is 11.3 Å². The van der Waals surface area contributed by atoms with Gasteiger partial charge in [0.15, 0.2) is 11.5 Å². The van der Waals surface area contributed by atoms with Crippen LogP contribution >= 0.6 is 43.6 Å². The first-order valence-electron chi connectivity index (χ1n) is 10.4. The SMILES string of the molecule is COc1cc(/C=C2/SC(=O)N(Cc3ccc(Br)cc3)C2=O)cc(Br)c1OCc1ccc(C#N)cc1. The van der Waals surface area contributed by atoms with Gasteiger partial charge in [-0.25, -0.2) is 0 Å². The normalized spacial score (nSPS) is 14.3. The van der Waals surface area contributed by atoms with Crippen LogP contribution in [0.5, 0.6) is 11.5 Å². The maximum Gasteiger partial charge on any atom is 0.293 e. The number of methoxy groups -OCH3 is 1. The van der Waals surface area contributed by atoms with Crippen molar-refractivity contribution in [2.75, 3.05) is 7.11 Å². The van der Waals surface area contributed by atoms with Gasteiger partial charge in [-0.15, -0.1) is 0 Å². The fourth-order valence-electron chi connectivity index (χ4n) is 3.35. The molecule has 1 saturated heterocycles. The maximum absolute atomic E-state index is 12.9. The summed E-state index contributed by atoms with van der Waals surface area (Å²) in [5.41, 5.74) is 3.04. The van der Waals surface area contributed by atoms with Crippen molar-refractivity contribution in [3.63, 3.8) is 0 Å². The lowest BCUT2D eigenvalue weighted by molar-refractivity contribution is -0.123. The quantitative estimate of drug-likeness (QED) is 0.270. The Bertz CT molecular complexity index is 1350. The van der Waals surface area contributed by atoms with E-state index in [1.54, 1.807) is 30.3 Å². The van der Waals surface area contributed by atoms with E-state index in [1.165, 1.54) is 12.0 Å². The summed E-state index contributed by atoms with van der Waals surface area (Å²) in [6.45, 7) is 0.499. The topological polar surface area (TPSA) is 79.6 Å². The van der Waals surface area contributed by atoms with Gasteiger partial charge >= 0.3 is 0 Å². The largest absolute Gasteiger partial charge is 0.493 e. The molecule has 1 aliphatic rings. The molecule has 1 heterocycles. The lowest BCUT2D eigenvalue weighted by Crippen LogP contribution is -2.27. The molecule has 0 bridgehead atoms. The second kappa shape index (κ2) is 11.1. The molecular weight excluding hydrogens is 596 g/mol. The standard InChI is InChI=1S/C26H18Br2N2O4S/c1-33-22-11-19(10-21(28)24(22)34-15-18-4-2-16(13-29)3-5-18)12-23-25(31)30(26(32)35-23)14-17-6-8-20(27)9-7-17/h2-12H,14-15H2,1H3/b23-12+. The highest BCUT2D eigenvalue weighted by molar-refractivity contribution is 9.10. The molecule has 35 heavy (non-hydrogen) atoms. The number of rotatable bonds is 7. The monoisotopic (exact) mass is 612 g/mol. The summed E-state index contributed by atoms with van der Waals surface area (Å²) in [6, 6.07) is 20.3. The molecule has 0 spiro atoms. The number of nitrogens with zero attached hydrogens (tertiary/aromatic N) is 2. The number of halogens is 2. The summed E-state index contributed by atoms with van der Waals surface area (Å²) in [6.07, 6.45) is 1.67. The number of ether oxygens (including phenoxy) is 2. The van der Waals surface area contributed by atoms with Gasteiger partial charge < -0.3 is 9.47 Å². The lowest BCUT2D eigenvalue weighted by atomic mass is 10.1. The van der Waals surface area contributed by atoms with Gasteiger partial charge in [0.05, 0.1) is 34.7 Å². The van der Waals surface area contributed by atoms with E-state index in [0.717, 1.165) is 27.4 Å². The van der Waals surface area contributed by atoms with Crippen molar-refractivity contribution in [2.24, 2.45) is 0 Å². The van der Waals surface area contributed by atoms with E-state index in [4.69, 9.17) is 14.7 Å². The zero-order valence-electron chi connectivity index (χ0n) is 18.5. The minimum atomic E-state index is -0.334. The van der Waals surface area contributed by atoms with Crippen molar-refractivity contribution in [3.8, 4) is 17.6 Å². The second-order valence-corrected chi connectivity index (χ2v) is 10.3. The van der Waals surface area contributed by atoms with E-state index in [0.29, 0.717) is 32.0 Å². The number of carbonyl (C=O) groups is 2. The molecule has 0 aliphatic carbocycles. The summed E-state index contributed by atoms with van der Waals surface area (Å²) in [5.74, 6) is 0.657. The van der Waals surface area contributed by atoms with Crippen LogP contribution in [0.2, 0.25) is 0 Å². The molecule has 1 aliphatic heterocycles. The molecule has 3 aromatic carbocycles. The zero-order chi connectivity index (χ0) is 24.9. The van der Waals surface area contributed by atoms with Crippen molar-refractivity contribution < 1.29 is 19.1 Å². The van der Waals surface area contributed by atoms with Gasteiger partial charge in [-0.3, -0.25) is 14.5 Å². The fraction of sp³-hybridized carbons (Fsp3) is 0.115. The average molecular weight is 614 g/mol. The maximum atomic E-state index is 12.9. The van der Waals surface area contributed by atoms with Crippen LogP contribution in [0.4, 0.5) is 4.79 Å². The Hall–Kier alpha value is -3.06. The van der Waals surface area contributed by atoms with Gasteiger partial charge in [-0.1, -0.05) is 40.2 Å². The van der Waals surface area contributed by atoms with Crippen LogP contribution in [0.15, 0.2) is 74.5 Å². The Labute approximate surface area is 223 Å². The van der Waals surface area contributed by atoms with Crippen molar-refractivity contribution in [3.05, 3.63) is 96.8 Å². The van der Waals surface area contributed by atoms with Crippen LogP contribution in [0.1, 0.15) is 22.3 Å². The number of carbonyl (C=O) groups excluding carboxylic acids is 2. The van der Waals surface area contributed by atoms with Crippen LogP contribution < -0.4 is 9.47 Å². The van der Waals surface area contributed by atoms with Crippen molar-refractivity contribution in [2.45, 2.75) is 13.2 Å². The minimum Gasteiger partial charge on any atom is -0.493 e. The van der Waals surface area contributed by atoms with E-state index in [2.05, 4.69) is 37.9 Å². The Balaban J connectivity index is 1.51. The highest BCUT2D eigenvalue weighted by Crippen LogP contribution is 2.39. The molecule has 2 amide bonds. The number of imide groups is 1. The molecule has 9 heteroatoms. The van der Waals surface area contributed by atoms with E-state index in [9.17, 15) is 9.59 Å². The summed E-state index contributed by atoms with van der Waals surface area (Å²) in [7, 11) is 1.53. The lowest BCUT2D eigenvalue weighted by Gasteiger charge is -2.14. The number of amides is 2. The molecular formula is C26H18Br2N2O4S. The third-order valence-corrected chi connectivity index (χ3v) is 7.17. The summed E-state index contributed by atoms with van der Waals surface area (Å²) in [4.78, 5) is 27.0. The third-order valence-electron chi connectivity index (χ3n) is 5.14. The van der Waals surface area contributed by atoms with Gasteiger partial charge in [0, 0.05) is 4.47 Å². The van der Waals surface area contributed by atoms with E-state index < -0.39 is 0 Å². The van der Waals surface area contributed by atoms with Gasteiger partial charge in [0.2, 0.25) is 0 Å². The van der Waals surface area contributed by atoms with E-state index in [1.807, 2.05) is 36.4 Å². The average Bonchev–Trinajstić information content (AvgIpc) is 3.12. The molecule has 0 saturated carbocycles. The molecule has 0 radical (unpaired) electrons. The summed E-state index contributed by atoms with van der Waals surface area (Å²) >= 11 is 7.82. The molecule has 0 atom stereocenters. The Morgan fingerprint density at radius 2 is 1.71 bits per heavy atom. The van der Waals surface area contributed by atoms with Crippen LogP contribution in [-0.4, -0.2) is 23.2 Å². The first kappa shape index (κ1) is 25.0. The molecule has 3 aromatic rings. The molecule has 0 N–H and O–H groups in total. The molecule has 176 valence electrons. The fourth-order valence-corrected chi connectivity index (χ4v) is 5.03. The predicted octanol–water partition coefficient (Wildman–Crippen LogP) is 6.91. The highest BCUT2D eigenvalue weighted by Gasteiger charge is 2.35. The van der Waals surface area contributed by atoms with Crippen LogP contribution in [0.25, 0.3) is 6.08 Å². The van der Waals surface area contributed by atoms with E-state index in [-0.39, 0.29) is 24.3 Å². The first-order chi connectivity index (χ1) is 16.9.